The predicted octanol–water partition coefficient (Wildman–Crippen LogP) is 2.81. The number of nitrogens with zero attached hydrogens (tertiary/aromatic N) is 1. The van der Waals surface area contributed by atoms with Crippen LogP contribution in [0, 0.1) is 0 Å². The maximum Gasteiger partial charge on any atom is 0.416 e. The monoisotopic (exact) mass is 300 g/mol. The van der Waals surface area contributed by atoms with Gasteiger partial charge in [0, 0.05) is 26.1 Å². The Morgan fingerprint density at radius 2 is 2.19 bits per heavy atom. The van der Waals surface area contributed by atoms with Gasteiger partial charge in [-0.25, -0.2) is 0 Å². The summed E-state index contributed by atoms with van der Waals surface area (Å²) in [6.45, 7) is 3.47. The van der Waals surface area contributed by atoms with Gasteiger partial charge in [0.15, 0.2) is 0 Å². The highest BCUT2D eigenvalue weighted by atomic mass is 19.4. The summed E-state index contributed by atoms with van der Waals surface area (Å²) >= 11 is 0. The highest BCUT2D eigenvalue weighted by Gasteiger charge is 2.30. The van der Waals surface area contributed by atoms with Crippen molar-refractivity contribution in [3.63, 3.8) is 0 Å². The van der Waals surface area contributed by atoms with Crippen LogP contribution in [-0.2, 0) is 17.5 Å². The minimum atomic E-state index is -4.31. The van der Waals surface area contributed by atoms with E-state index in [2.05, 4.69) is 10.2 Å². The van der Waals surface area contributed by atoms with Crippen molar-refractivity contribution in [3.8, 4) is 0 Å². The van der Waals surface area contributed by atoms with E-state index in [0.29, 0.717) is 18.7 Å². The number of hydrogen-bond acceptors (Lipinski definition) is 2. The van der Waals surface area contributed by atoms with Crippen molar-refractivity contribution >= 4 is 5.91 Å². The predicted molar refractivity (Wildman–Crippen MR) is 73.6 cm³/mol. The molecule has 1 aromatic rings. The zero-order valence-electron chi connectivity index (χ0n) is 11.9. The van der Waals surface area contributed by atoms with Crippen molar-refractivity contribution in [2.24, 2.45) is 0 Å². The lowest BCUT2D eigenvalue weighted by Gasteiger charge is -2.33. The SMILES string of the molecule is CC(=O)NC1CCCN(Cc2cccc(C(F)(F)F)c2)C1. The van der Waals surface area contributed by atoms with Gasteiger partial charge in [-0.05, 0) is 31.0 Å². The summed E-state index contributed by atoms with van der Waals surface area (Å²) in [5, 5.41) is 2.87. The van der Waals surface area contributed by atoms with Crippen molar-refractivity contribution in [1.29, 1.82) is 0 Å². The fourth-order valence-electron chi connectivity index (χ4n) is 2.71. The second-order valence-corrected chi connectivity index (χ2v) is 5.47. The molecule has 1 aromatic carbocycles. The first-order chi connectivity index (χ1) is 9.84. The fraction of sp³-hybridized carbons (Fsp3) is 0.533. The minimum Gasteiger partial charge on any atom is -0.352 e. The molecule has 1 aliphatic rings. The number of amides is 1. The summed E-state index contributed by atoms with van der Waals surface area (Å²) in [6, 6.07) is 5.51. The van der Waals surface area contributed by atoms with Crippen LogP contribution < -0.4 is 5.32 Å². The number of piperidine rings is 1. The molecule has 0 aliphatic carbocycles. The second kappa shape index (κ2) is 6.47. The number of likely N-dealkylation sites (tertiary alicyclic amines) is 1. The molecular formula is C15H19F3N2O. The minimum absolute atomic E-state index is 0.0686. The average molecular weight is 300 g/mol. The van der Waals surface area contributed by atoms with Gasteiger partial charge in [0.2, 0.25) is 5.91 Å². The second-order valence-electron chi connectivity index (χ2n) is 5.47. The summed E-state index contributed by atoms with van der Waals surface area (Å²) < 4.78 is 38.1. The lowest BCUT2D eigenvalue weighted by atomic mass is 10.0. The Morgan fingerprint density at radius 3 is 2.86 bits per heavy atom. The van der Waals surface area contributed by atoms with Gasteiger partial charge in [-0.3, -0.25) is 9.69 Å². The molecule has 0 radical (unpaired) electrons. The van der Waals surface area contributed by atoms with E-state index in [4.69, 9.17) is 0 Å². The largest absolute Gasteiger partial charge is 0.416 e. The third kappa shape index (κ3) is 4.74. The molecule has 21 heavy (non-hydrogen) atoms. The van der Waals surface area contributed by atoms with E-state index in [1.54, 1.807) is 6.07 Å². The molecule has 1 N–H and O–H groups in total. The molecule has 0 bridgehead atoms. The summed E-state index contributed by atoms with van der Waals surface area (Å²) in [5.41, 5.74) is 0.0312. The maximum absolute atomic E-state index is 12.7. The number of alkyl halides is 3. The van der Waals surface area contributed by atoms with Gasteiger partial charge in [-0.1, -0.05) is 18.2 Å². The number of hydrogen-bond donors (Lipinski definition) is 1. The molecule has 1 aliphatic heterocycles. The molecule has 116 valence electrons. The molecule has 0 aromatic heterocycles. The molecular weight excluding hydrogens is 281 g/mol. The lowest BCUT2D eigenvalue weighted by Crippen LogP contribution is -2.46. The summed E-state index contributed by atoms with van der Waals surface area (Å²) in [6.07, 6.45) is -2.46. The van der Waals surface area contributed by atoms with Gasteiger partial charge in [0.25, 0.3) is 0 Å². The van der Waals surface area contributed by atoms with Crippen LogP contribution in [-0.4, -0.2) is 29.9 Å². The normalized spacial score (nSPS) is 20.3. The molecule has 1 unspecified atom stereocenters. The van der Waals surface area contributed by atoms with Gasteiger partial charge >= 0.3 is 6.18 Å². The first-order valence-electron chi connectivity index (χ1n) is 7.00. The standard InChI is InChI=1S/C15H19F3N2O/c1-11(21)19-14-6-3-7-20(10-14)9-12-4-2-5-13(8-12)15(16,17)18/h2,4-5,8,14H,3,6-7,9-10H2,1H3,(H,19,21). The summed E-state index contributed by atoms with van der Waals surface area (Å²) in [7, 11) is 0. The number of benzene rings is 1. The van der Waals surface area contributed by atoms with E-state index in [-0.39, 0.29) is 11.9 Å². The van der Waals surface area contributed by atoms with Gasteiger partial charge in [0.05, 0.1) is 5.56 Å². The van der Waals surface area contributed by atoms with E-state index < -0.39 is 11.7 Å². The number of carbonyl (C=O) groups excluding carboxylic acids is 1. The molecule has 1 amide bonds. The van der Waals surface area contributed by atoms with Crippen LogP contribution in [0.4, 0.5) is 13.2 Å². The maximum atomic E-state index is 12.7. The lowest BCUT2D eigenvalue weighted by molar-refractivity contribution is -0.137. The first kappa shape index (κ1) is 15.8. The van der Waals surface area contributed by atoms with Crippen molar-refractivity contribution in [2.75, 3.05) is 13.1 Å². The van der Waals surface area contributed by atoms with Crippen molar-refractivity contribution < 1.29 is 18.0 Å². The topological polar surface area (TPSA) is 32.3 Å². The third-order valence-corrected chi connectivity index (χ3v) is 3.57. The van der Waals surface area contributed by atoms with Gasteiger partial charge in [-0.15, -0.1) is 0 Å². The van der Waals surface area contributed by atoms with Crippen LogP contribution in [0.5, 0.6) is 0 Å². The van der Waals surface area contributed by atoms with Gasteiger partial charge < -0.3 is 5.32 Å². The number of carbonyl (C=O) groups is 1. The Labute approximate surface area is 122 Å². The average Bonchev–Trinajstić information content (AvgIpc) is 2.37. The zero-order valence-corrected chi connectivity index (χ0v) is 11.9. The molecule has 3 nitrogen and oxygen atoms in total. The van der Waals surface area contributed by atoms with Crippen LogP contribution in [0.25, 0.3) is 0 Å². The van der Waals surface area contributed by atoms with Crippen LogP contribution in [0.15, 0.2) is 24.3 Å². The van der Waals surface area contributed by atoms with Crippen molar-refractivity contribution in [3.05, 3.63) is 35.4 Å². The number of rotatable bonds is 3. The first-order valence-corrected chi connectivity index (χ1v) is 7.00. The summed E-state index contributed by atoms with van der Waals surface area (Å²) in [5.74, 6) is -0.0686. The van der Waals surface area contributed by atoms with Crippen LogP contribution in [0.1, 0.15) is 30.9 Å². The molecule has 1 atom stereocenters. The Bertz CT molecular complexity index is 502. The van der Waals surface area contributed by atoms with Crippen LogP contribution in [0.2, 0.25) is 0 Å². The number of nitrogens with one attached hydrogen (secondary N) is 1. The smallest absolute Gasteiger partial charge is 0.352 e. The third-order valence-electron chi connectivity index (χ3n) is 3.57. The Morgan fingerprint density at radius 1 is 1.43 bits per heavy atom. The highest BCUT2D eigenvalue weighted by molar-refractivity contribution is 5.73. The molecule has 6 heteroatoms. The quantitative estimate of drug-likeness (QED) is 0.931. The van der Waals surface area contributed by atoms with E-state index >= 15 is 0 Å². The van der Waals surface area contributed by atoms with E-state index in [1.807, 2.05) is 0 Å². The zero-order chi connectivity index (χ0) is 15.5. The number of halogens is 3. The highest BCUT2D eigenvalue weighted by Crippen LogP contribution is 2.29. The Hall–Kier alpha value is -1.56. The van der Waals surface area contributed by atoms with Gasteiger partial charge in [0.1, 0.15) is 0 Å². The Kier molecular flexibility index (Phi) is 4.88. The van der Waals surface area contributed by atoms with E-state index in [1.165, 1.54) is 19.1 Å². The molecule has 1 heterocycles. The molecule has 2 rings (SSSR count). The van der Waals surface area contributed by atoms with E-state index in [0.717, 1.165) is 25.5 Å². The van der Waals surface area contributed by atoms with Crippen LogP contribution in [0.3, 0.4) is 0 Å². The molecule has 0 saturated carbocycles. The van der Waals surface area contributed by atoms with Crippen molar-refractivity contribution in [1.82, 2.24) is 10.2 Å². The fourth-order valence-corrected chi connectivity index (χ4v) is 2.71. The molecule has 1 saturated heterocycles. The molecule has 0 spiro atoms. The Balaban J connectivity index is 1.99. The van der Waals surface area contributed by atoms with Crippen molar-refractivity contribution in [2.45, 2.75) is 38.5 Å². The molecule has 1 fully saturated rings. The van der Waals surface area contributed by atoms with E-state index in [9.17, 15) is 18.0 Å². The van der Waals surface area contributed by atoms with Crippen LogP contribution >= 0.6 is 0 Å². The summed E-state index contributed by atoms with van der Waals surface area (Å²) in [4.78, 5) is 13.2. The van der Waals surface area contributed by atoms with Gasteiger partial charge in [-0.2, -0.15) is 13.2 Å².